The van der Waals surface area contributed by atoms with E-state index in [9.17, 15) is 4.79 Å². The molecule has 0 atom stereocenters. The van der Waals surface area contributed by atoms with Crippen molar-refractivity contribution in [1.82, 2.24) is 5.32 Å². The van der Waals surface area contributed by atoms with Crippen molar-refractivity contribution in [1.29, 1.82) is 0 Å². The fourth-order valence-corrected chi connectivity index (χ4v) is 2.40. The lowest BCUT2D eigenvalue weighted by molar-refractivity contribution is 0.0958. The highest BCUT2D eigenvalue weighted by Gasteiger charge is 2.06. The molecule has 0 unspecified atom stereocenters. The minimum absolute atomic E-state index is 0.115. The van der Waals surface area contributed by atoms with E-state index in [-0.39, 0.29) is 5.91 Å². The summed E-state index contributed by atoms with van der Waals surface area (Å²) in [6.07, 6.45) is 0. The Morgan fingerprint density at radius 3 is 2.75 bits per heavy atom. The first-order chi connectivity index (χ1) is 9.66. The number of carbonyl (C=O) groups excluding carboxylic acids is 1. The number of benzene rings is 2. The number of nitrogens with one attached hydrogen (secondary N) is 1. The van der Waals surface area contributed by atoms with Crippen LogP contribution in [0.1, 0.15) is 15.9 Å². The highest BCUT2D eigenvalue weighted by Crippen LogP contribution is 2.11. The van der Waals surface area contributed by atoms with Crippen LogP contribution in [0, 0.1) is 15.4 Å². The molecule has 2 nitrogen and oxygen atoms in total. The maximum atomic E-state index is 11.9. The average molecular weight is 396 g/mol. The number of amides is 1. The Labute approximate surface area is 136 Å². The van der Waals surface area contributed by atoms with Gasteiger partial charge in [-0.25, -0.2) is 0 Å². The van der Waals surface area contributed by atoms with Gasteiger partial charge in [-0.1, -0.05) is 41.6 Å². The summed E-state index contributed by atoms with van der Waals surface area (Å²) < 4.78 is 0.922. The summed E-state index contributed by atoms with van der Waals surface area (Å²) in [6.45, 7) is 0.302. The van der Waals surface area contributed by atoms with Gasteiger partial charge in [0.05, 0.1) is 12.1 Å². The Hall–Kier alpha value is -1.51. The van der Waals surface area contributed by atoms with Crippen molar-refractivity contribution in [2.24, 2.45) is 0 Å². The lowest BCUT2D eigenvalue weighted by Gasteiger charge is -2.03. The molecule has 0 spiro atoms. The Morgan fingerprint density at radius 1 is 1.20 bits per heavy atom. The summed E-state index contributed by atoms with van der Waals surface area (Å²) in [6, 6.07) is 14.7. The second kappa shape index (κ2) is 7.32. The average Bonchev–Trinajstić information content (AvgIpc) is 2.44. The van der Waals surface area contributed by atoms with E-state index in [2.05, 4.69) is 39.7 Å². The predicted octanol–water partition coefficient (Wildman–Crippen LogP) is 3.73. The largest absolute Gasteiger partial charge is 0.341 e. The molecule has 100 valence electrons. The van der Waals surface area contributed by atoms with Crippen LogP contribution >= 0.6 is 34.2 Å². The minimum atomic E-state index is -0.115. The maximum Gasteiger partial charge on any atom is 0.253 e. The van der Waals surface area contributed by atoms with Crippen LogP contribution in [-0.4, -0.2) is 12.5 Å². The topological polar surface area (TPSA) is 29.1 Å². The molecule has 2 aromatic carbocycles. The van der Waals surface area contributed by atoms with Crippen molar-refractivity contribution >= 4 is 40.1 Å². The van der Waals surface area contributed by atoms with Crippen LogP contribution in [-0.2, 0) is 0 Å². The monoisotopic (exact) mass is 395 g/mol. The number of halogens is 2. The molecule has 0 radical (unpaired) electrons. The normalized spacial score (nSPS) is 9.50. The zero-order chi connectivity index (χ0) is 14.4. The number of hydrogen-bond acceptors (Lipinski definition) is 1. The van der Waals surface area contributed by atoms with Gasteiger partial charge in [0, 0.05) is 14.2 Å². The molecule has 20 heavy (non-hydrogen) atoms. The highest BCUT2D eigenvalue weighted by atomic mass is 127. The van der Waals surface area contributed by atoms with Gasteiger partial charge in [-0.3, -0.25) is 4.79 Å². The lowest BCUT2D eigenvalue weighted by atomic mass is 10.2. The molecule has 0 aromatic heterocycles. The fourth-order valence-electron chi connectivity index (χ4n) is 1.58. The van der Waals surface area contributed by atoms with E-state index in [0.29, 0.717) is 17.1 Å². The van der Waals surface area contributed by atoms with Gasteiger partial charge in [0.2, 0.25) is 0 Å². The van der Waals surface area contributed by atoms with Gasteiger partial charge >= 0.3 is 0 Å². The van der Waals surface area contributed by atoms with Crippen LogP contribution in [0.25, 0.3) is 0 Å². The fraction of sp³-hybridized carbons (Fsp3) is 0.0625. The van der Waals surface area contributed by atoms with Gasteiger partial charge < -0.3 is 5.32 Å². The van der Waals surface area contributed by atoms with Gasteiger partial charge in [-0.2, -0.15) is 0 Å². The third-order valence-corrected chi connectivity index (χ3v) is 3.69. The Balaban J connectivity index is 1.94. The van der Waals surface area contributed by atoms with Crippen molar-refractivity contribution in [3.63, 3.8) is 0 Å². The van der Waals surface area contributed by atoms with E-state index in [1.54, 1.807) is 18.2 Å². The zero-order valence-electron chi connectivity index (χ0n) is 10.5. The predicted molar refractivity (Wildman–Crippen MR) is 89.8 cm³/mol. The molecule has 2 rings (SSSR count). The molecule has 0 heterocycles. The highest BCUT2D eigenvalue weighted by molar-refractivity contribution is 14.1. The summed E-state index contributed by atoms with van der Waals surface area (Å²) in [5, 5.41) is 3.43. The summed E-state index contributed by atoms with van der Waals surface area (Å²) in [5.74, 6) is 5.75. The molecule has 0 aliphatic carbocycles. The molecule has 0 aliphatic rings. The van der Waals surface area contributed by atoms with Crippen LogP contribution in [0.2, 0.25) is 5.02 Å². The van der Waals surface area contributed by atoms with E-state index >= 15 is 0 Å². The summed E-state index contributed by atoms with van der Waals surface area (Å²) in [7, 11) is 0. The summed E-state index contributed by atoms with van der Waals surface area (Å²) in [5.41, 5.74) is 1.50. The van der Waals surface area contributed by atoms with Crippen LogP contribution < -0.4 is 5.32 Å². The van der Waals surface area contributed by atoms with Gasteiger partial charge in [0.1, 0.15) is 0 Å². The SMILES string of the molecule is O=C(NCC#Cc1cccc(Cl)c1)c1ccccc1I. The first kappa shape index (κ1) is 14.9. The molecule has 2 aromatic rings. The lowest BCUT2D eigenvalue weighted by Crippen LogP contribution is -2.24. The Kier molecular flexibility index (Phi) is 5.45. The molecule has 4 heteroatoms. The smallest absolute Gasteiger partial charge is 0.253 e. The minimum Gasteiger partial charge on any atom is -0.341 e. The van der Waals surface area contributed by atoms with Gasteiger partial charge in [0.15, 0.2) is 0 Å². The van der Waals surface area contributed by atoms with Crippen molar-refractivity contribution in [3.8, 4) is 11.8 Å². The van der Waals surface area contributed by atoms with Crippen molar-refractivity contribution in [2.45, 2.75) is 0 Å². The molecule has 0 fully saturated rings. The van der Waals surface area contributed by atoms with Gasteiger partial charge in [-0.15, -0.1) is 0 Å². The molecular weight excluding hydrogens is 385 g/mol. The molecule has 1 N–H and O–H groups in total. The quantitative estimate of drug-likeness (QED) is 0.609. The van der Waals surface area contributed by atoms with Crippen molar-refractivity contribution in [3.05, 3.63) is 68.3 Å². The second-order valence-electron chi connectivity index (χ2n) is 3.97. The van der Waals surface area contributed by atoms with E-state index < -0.39 is 0 Å². The molecule has 0 aliphatic heterocycles. The molecule has 0 saturated carbocycles. The maximum absolute atomic E-state index is 11.9. The Bertz CT molecular complexity index is 688. The van der Waals surface area contributed by atoms with Crippen LogP contribution in [0.15, 0.2) is 48.5 Å². The summed E-state index contributed by atoms with van der Waals surface area (Å²) in [4.78, 5) is 11.9. The standard InChI is InChI=1S/C16H11ClINO/c17-13-7-3-5-12(11-13)6-4-10-19-16(20)14-8-1-2-9-15(14)18/h1-3,5,7-9,11H,10H2,(H,19,20). The molecule has 1 amide bonds. The van der Waals surface area contributed by atoms with E-state index in [1.165, 1.54) is 0 Å². The Morgan fingerprint density at radius 2 is 2.00 bits per heavy atom. The zero-order valence-corrected chi connectivity index (χ0v) is 13.4. The van der Waals surface area contributed by atoms with Gasteiger partial charge in [0.25, 0.3) is 5.91 Å². The van der Waals surface area contributed by atoms with Crippen molar-refractivity contribution in [2.75, 3.05) is 6.54 Å². The van der Waals surface area contributed by atoms with E-state index in [1.807, 2.05) is 30.3 Å². The third kappa shape index (κ3) is 4.26. The van der Waals surface area contributed by atoms with Crippen LogP contribution in [0.5, 0.6) is 0 Å². The summed E-state index contributed by atoms with van der Waals surface area (Å²) >= 11 is 8.01. The first-order valence-corrected chi connectivity index (χ1v) is 7.39. The number of rotatable bonds is 2. The van der Waals surface area contributed by atoms with Crippen LogP contribution in [0.3, 0.4) is 0 Å². The van der Waals surface area contributed by atoms with E-state index in [4.69, 9.17) is 11.6 Å². The molecule has 0 bridgehead atoms. The van der Waals surface area contributed by atoms with Gasteiger partial charge in [-0.05, 0) is 52.9 Å². The second-order valence-corrected chi connectivity index (χ2v) is 5.57. The first-order valence-electron chi connectivity index (χ1n) is 5.94. The number of hydrogen-bond donors (Lipinski definition) is 1. The van der Waals surface area contributed by atoms with Crippen molar-refractivity contribution < 1.29 is 4.79 Å². The molecule has 0 saturated heterocycles. The third-order valence-electron chi connectivity index (χ3n) is 2.51. The number of carbonyl (C=O) groups is 1. The van der Waals surface area contributed by atoms with Crippen LogP contribution in [0.4, 0.5) is 0 Å². The molecular formula is C16H11ClINO. The van der Waals surface area contributed by atoms with E-state index in [0.717, 1.165) is 9.13 Å².